The molecule has 1 aliphatic heterocycles. The van der Waals surface area contributed by atoms with Gasteiger partial charge in [0.15, 0.2) is 9.84 Å². The van der Waals surface area contributed by atoms with Crippen LogP contribution >= 0.6 is 11.6 Å². The van der Waals surface area contributed by atoms with Crippen molar-refractivity contribution in [3.8, 4) is 0 Å². The maximum absolute atomic E-state index is 12.2. The predicted molar refractivity (Wildman–Crippen MR) is 79.8 cm³/mol. The van der Waals surface area contributed by atoms with Crippen LogP contribution in [0.2, 0.25) is 5.02 Å². The Morgan fingerprint density at radius 1 is 1.30 bits per heavy atom. The van der Waals surface area contributed by atoms with Crippen LogP contribution in [0, 0.1) is 5.92 Å². The highest BCUT2D eigenvalue weighted by molar-refractivity contribution is 7.91. The summed E-state index contributed by atoms with van der Waals surface area (Å²) in [6, 6.07) is 6.28. The van der Waals surface area contributed by atoms with Gasteiger partial charge in [0.25, 0.3) is 0 Å². The Bertz CT molecular complexity index is 530. The highest BCUT2D eigenvalue weighted by Gasteiger charge is 2.21. The number of halogens is 1. The van der Waals surface area contributed by atoms with Crippen LogP contribution in [0.15, 0.2) is 29.2 Å². The van der Waals surface area contributed by atoms with Gasteiger partial charge in [-0.15, -0.1) is 0 Å². The zero-order chi connectivity index (χ0) is 14.6. The molecule has 1 N–H and O–H groups in total. The molecule has 1 fully saturated rings. The minimum Gasteiger partial charge on any atom is -0.396 e. The summed E-state index contributed by atoms with van der Waals surface area (Å²) in [7, 11) is -3.26. The Morgan fingerprint density at radius 3 is 2.65 bits per heavy atom. The van der Waals surface area contributed by atoms with E-state index in [-0.39, 0.29) is 18.3 Å². The lowest BCUT2D eigenvalue weighted by molar-refractivity contribution is 0.125. The van der Waals surface area contributed by atoms with Crippen molar-refractivity contribution < 1.29 is 13.5 Å². The molecule has 0 aliphatic carbocycles. The highest BCUT2D eigenvalue weighted by Crippen LogP contribution is 2.18. The van der Waals surface area contributed by atoms with Crippen molar-refractivity contribution in [2.45, 2.75) is 17.7 Å². The Hall–Kier alpha value is -0.620. The molecule has 4 nitrogen and oxygen atoms in total. The second kappa shape index (κ2) is 6.89. The van der Waals surface area contributed by atoms with Crippen molar-refractivity contribution in [2.24, 2.45) is 5.92 Å². The third kappa shape index (κ3) is 4.19. The average Bonchev–Trinajstić information content (AvgIpc) is 2.46. The molecule has 0 aromatic heterocycles. The van der Waals surface area contributed by atoms with Crippen molar-refractivity contribution in [1.29, 1.82) is 0 Å². The van der Waals surface area contributed by atoms with E-state index in [1.165, 1.54) is 0 Å². The van der Waals surface area contributed by atoms with Gasteiger partial charge < -0.3 is 10.0 Å². The summed E-state index contributed by atoms with van der Waals surface area (Å²) in [5.41, 5.74) is 0. The van der Waals surface area contributed by atoms with Crippen LogP contribution in [-0.4, -0.2) is 50.4 Å². The van der Waals surface area contributed by atoms with Gasteiger partial charge in [-0.25, -0.2) is 8.42 Å². The summed E-state index contributed by atoms with van der Waals surface area (Å²) in [6.45, 7) is 2.39. The molecule has 1 aromatic carbocycles. The van der Waals surface area contributed by atoms with Crippen LogP contribution in [0.3, 0.4) is 0 Å². The maximum atomic E-state index is 12.2. The number of aliphatic hydroxyl groups is 1. The fraction of sp³-hybridized carbons (Fsp3) is 0.571. The Balaban J connectivity index is 1.94. The first-order chi connectivity index (χ1) is 9.51. The van der Waals surface area contributed by atoms with Crippen LogP contribution in [0.25, 0.3) is 0 Å². The zero-order valence-corrected chi connectivity index (χ0v) is 12.9. The van der Waals surface area contributed by atoms with E-state index in [9.17, 15) is 13.5 Å². The first kappa shape index (κ1) is 15.8. The fourth-order valence-electron chi connectivity index (χ4n) is 2.51. The normalized spacial score (nSPS) is 21.0. The van der Waals surface area contributed by atoms with Crippen LogP contribution < -0.4 is 0 Å². The summed E-state index contributed by atoms with van der Waals surface area (Å²) in [6.07, 6.45) is 2.04. The number of piperidine rings is 1. The summed E-state index contributed by atoms with van der Waals surface area (Å²) >= 11 is 5.77. The van der Waals surface area contributed by atoms with E-state index in [4.69, 9.17) is 11.6 Å². The molecule has 0 amide bonds. The minimum absolute atomic E-state index is 0.104. The lowest BCUT2D eigenvalue weighted by atomic mass is 9.99. The van der Waals surface area contributed by atoms with E-state index in [2.05, 4.69) is 4.90 Å². The standard InChI is InChI=1S/C14H20ClNO3S/c15-13-3-5-14(6-4-13)20(18,19)9-8-16-7-1-2-12(10-16)11-17/h3-6,12,17H,1-2,7-11H2. The fourth-order valence-corrected chi connectivity index (χ4v) is 3.92. The predicted octanol–water partition coefficient (Wildman–Crippen LogP) is 1.82. The Morgan fingerprint density at radius 2 is 2.00 bits per heavy atom. The molecule has 1 saturated heterocycles. The minimum atomic E-state index is -3.26. The SMILES string of the molecule is O=S(=O)(CCN1CCCC(CO)C1)c1ccc(Cl)cc1. The molecule has 20 heavy (non-hydrogen) atoms. The lowest BCUT2D eigenvalue weighted by Gasteiger charge is -2.31. The smallest absolute Gasteiger partial charge is 0.179 e. The van der Waals surface area contributed by atoms with Gasteiger partial charge in [-0.2, -0.15) is 0 Å². The lowest BCUT2D eigenvalue weighted by Crippen LogP contribution is -2.39. The second-order valence-electron chi connectivity index (χ2n) is 5.26. The number of benzene rings is 1. The summed E-state index contributed by atoms with van der Waals surface area (Å²) in [5, 5.41) is 9.72. The van der Waals surface area contributed by atoms with Crippen molar-refractivity contribution in [3.05, 3.63) is 29.3 Å². The van der Waals surface area contributed by atoms with Crippen LogP contribution in [-0.2, 0) is 9.84 Å². The molecular weight excluding hydrogens is 298 g/mol. The van der Waals surface area contributed by atoms with E-state index >= 15 is 0 Å². The molecule has 1 heterocycles. The number of sulfone groups is 1. The van der Waals surface area contributed by atoms with Gasteiger partial charge in [0.1, 0.15) is 0 Å². The number of hydrogen-bond donors (Lipinski definition) is 1. The molecular formula is C14H20ClNO3S. The van der Waals surface area contributed by atoms with Gasteiger partial charge in [0, 0.05) is 24.7 Å². The van der Waals surface area contributed by atoms with Gasteiger partial charge in [-0.3, -0.25) is 0 Å². The molecule has 0 saturated carbocycles. The molecule has 6 heteroatoms. The molecule has 1 aliphatic rings. The number of aliphatic hydroxyl groups excluding tert-OH is 1. The monoisotopic (exact) mass is 317 g/mol. The van der Waals surface area contributed by atoms with E-state index in [0.29, 0.717) is 16.5 Å². The number of rotatable bonds is 5. The van der Waals surface area contributed by atoms with Crippen molar-refractivity contribution in [3.63, 3.8) is 0 Å². The largest absolute Gasteiger partial charge is 0.396 e. The van der Waals surface area contributed by atoms with Crippen molar-refractivity contribution in [1.82, 2.24) is 4.90 Å². The van der Waals surface area contributed by atoms with Gasteiger partial charge >= 0.3 is 0 Å². The van der Waals surface area contributed by atoms with Gasteiger partial charge in [0.2, 0.25) is 0 Å². The van der Waals surface area contributed by atoms with Gasteiger partial charge in [-0.1, -0.05) is 11.6 Å². The molecule has 0 radical (unpaired) electrons. The topological polar surface area (TPSA) is 57.6 Å². The maximum Gasteiger partial charge on any atom is 0.179 e. The number of nitrogens with zero attached hydrogens (tertiary/aromatic N) is 1. The number of hydrogen-bond acceptors (Lipinski definition) is 4. The van der Waals surface area contributed by atoms with E-state index in [0.717, 1.165) is 25.9 Å². The Labute approximate surface area is 125 Å². The third-order valence-electron chi connectivity index (χ3n) is 3.71. The van der Waals surface area contributed by atoms with Crippen molar-refractivity contribution in [2.75, 3.05) is 32.0 Å². The van der Waals surface area contributed by atoms with Crippen LogP contribution in [0.1, 0.15) is 12.8 Å². The second-order valence-corrected chi connectivity index (χ2v) is 7.81. The summed E-state index contributed by atoms with van der Waals surface area (Å²) < 4.78 is 24.4. The molecule has 0 spiro atoms. The van der Waals surface area contributed by atoms with Gasteiger partial charge in [0.05, 0.1) is 10.6 Å². The first-order valence-electron chi connectivity index (χ1n) is 6.83. The van der Waals surface area contributed by atoms with E-state index in [1.807, 2.05) is 0 Å². The Kier molecular flexibility index (Phi) is 5.43. The molecule has 1 unspecified atom stereocenters. The van der Waals surface area contributed by atoms with Gasteiger partial charge in [-0.05, 0) is 49.6 Å². The zero-order valence-electron chi connectivity index (χ0n) is 11.3. The summed E-state index contributed by atoms with van der Waals surface area (Å²) in [5.74, 6) is 0.384. The molecule has 1 aromatic rings. The van der Waals surface area contributed by atoms with Crippen LogP contribution in [0.4, 0.5) is 0 Å². The highest BCUT2D eigenvalue weighted by atomic mass is 35.5. The quantitative estimate of drug-likeness (QED) is 0.900. The average molecular weight is 318 g/mol. The van der Waals surface area contributed by atoms with Crippen LogP contribution in [0.5, 0.6) is 0 Å². The molecule has 1 atom stereocenters. The molecule has 0 bridgehead atoms. The molecule has 112 valence electrons. The molecule has 2 rings (SSSR count). The van der Waals surface area contributed by atoms with Crippen molar-refractivity contribution >= 4 is 21.4 Å². The van der Waals surface area contributed by atoms with E-state index in [1.54, 1.807) is 24.3 Å². The summed E-state index contributed by atoms with van der Waals surface area (Å²) in [4.78, 5) is 2.44. The van der Waals surface area contributed by atoms with E-state index < -0.39 is 9.84 Å². The third-order valence-corrected chi connectivity index (χ3v) is 5.67. The number of likely N-dealkylation sites (tertiary alicyclic amines) is 1. The first-order valence-corrected chi connectivity index (χ1v) is 8.86.